The van der Waals surface area contributed by atoms with Crippen molar-refractivity contribution in [1.29, 1.82) is 0 Å². The van der Waals surface area contributed by atoms with Gasteiger partial charge in [0.25, 0.3) is 0 Å². The lowest BCUT2D eigenvalue weighted by atomic mass is 9.77. The molecule has 44 heavy (non-hydrogen) atoms. The van der Waals surface area contributed by atoms with Crippen molar-refractivity contribution in [3.8, 4) is 5.69 Å². The predicted molar refractivity (Wildman–Crippen MR) is 166 cm³/mol. The van der Waals surface area contributed by atoms with Crippen LogP contribution in [0.4, 0.5) is 26.2 Å². The lowest BCUT2D eigenvalue weighted by molar-refractivity contribution is 0.0153. The van der Waals surface area contributed by atoms with Crippen molar-refractivity contribution in [3.05, 3.63) is 46.0 Å². The number of nitrogens with one attached hydrogen (secondary N) is 2. The van der Waals surface area contributed by atoms with Gasteiger partial charge in [-0.25, -0.2) is 18.6 Å². The van der Waals surface area contributed by atoms with Crippen molar-refractivity contribution in [1.82, 2.24) is 34.7 Å². The van der Waals surface area contributed by atoms with E-state index in [1.54, 1.807) is 0 Å². The van der Waals surface area contributed by atoms with Crippen LogP contribution in [0.15, 0.2) is 23.1 Å². The van der Waals surface area contributed by atoms with Gasteiger partial charge in [-0.3, -0.25) is 4.90 Å². The number of aryl methyl sites for hydroxylation is 1. The molecule has 10 nitrogen and oxygen atoms in total. The molecule has 1 saturated carbocycles. The van der Waals surface area contributed by atoms with Gasteiger partial charge in [0.05, 0.1) is 17.6 Å². The Bertz CT molecular complexity index is 1560. The van der Waals surface area contributed by atoms with Crippen LogP contribution in [0, 0.1) is 29.4 Å². The van der Waals surface area contributed by atoms with Crippen LogP contribution in [0.2, 0.25) is 0 Å². The SMILES string of the molecule is CCC(CC)CC1CC2C(C)C(Nc3nc(Nc4cc(-n5nnn(C)c5=O)c(C5CC5)cc4F)ncc3F)CC(C)(C)N2C1. The summed E-state index contributed by atoms with van der Waals surface area (Å²) in [7, 11) is 1.51. The number of aromatic nitrogens is 6. The van der Waals surface area contributed by atoms with E-state index in [1.165, 1.54) is 43.1 Å². The number of tetrazole rings is 1. The normalized spacial score (nSPS) is 24.9. The highest BCUT2D eigenvalue weighted by Gasteiger charge is 2.49. The molecule has 238 valence electrons. The molecule has 1 aromatic carbocycles. The molecule has 3 aliphatic rings. The first-order valence-electron chi connectivity index (χ1n) is 16.1. The molecule has 2 aliphatic heterocycles. The van der Waals surface area contributed by atoms with Gasteiger partial charge in [0.1, 0.15) is 5.82 Å². The van der Waals surface area contributed by atoms with Gasteiger partial charge in [0, 0.05) is 31.2 Å². The summed E-state index contributed by atoms with van der Waals surface area (Å²) in [6.07, 6.45) is 8.65. The molecule has 4 atom stereocenters. The zero-order valence-electron chi connectivity index (χ0n) is 26.6. The number of anilines is 3. The van der Waals surface area contributed by atoms with Gasteiger partial charge in [-0.1, -0.05) is 33.6 Å². The number of halogens is 2. The number of benzene rings is 1. The first kappa shape index (κ1) is 30.6. The van der Waals surface area contributed by atoms with Crippen LogP contribution in [0.5, 0.6) is 0 Å². The lowest BCUT2D eigenvalue weighted by Crippen LogP contribution is -2.59. The molecule has 0 spiro atoms. The Morgan fingerprint density at radius 2 is 1.86 bits per heavy atom. The minimum Gasteiger partial charge on any atom is -0.364 e. The molecule has 6 rings (SSSR count). The van der Waals surface area contributed by atoms with Crippen LogP contribution >= 0.6 is 0 Å². The Balaban J connectivity index is 1.23. The summed E-state index contributed by atoms with van der Waals surface area (Å²) >= 11 is 0. The summed E-state index contributed by atoms with van der Waals surface area (Å²) in [5.41, 5.74) is 0.758. The quantitative estimate of drug-likeness (QED) is 0.299. The Hall–Kier alpha value is -3.41. The summed E-state index contributed by atoms with van der Waals surface area (Å²) in [4.78, 5) is 23.9. The van der Waals surface area contributed by atoms with Crippen LogP contribution < -0.4 is 16.3 Å². The fourth-order valence-electron chi connectivity index (χ4n) is 7.57. The maximum atomic E-state index is 15.4. The monoisotopic (exact) mass is 609 g/mol. The molecule has 2 N–H and O–H groups in total. The summed E-state index contributed by atoms with van der Waals surface area (Å²) in [6, 6.07) is 3.38. The lowest BCUT2D eigenvalue weighted by Gasteiger charge is -2.51. The maximum Gasteiger partial charge on any atom is 0.368 e. The van der Waals surface area contributed by atoms with E-state index in [9.17, 15) is 4.79 Å². The second-order valence-corrected chi connectivity index (χ2v) is 13.8. The Labute approximate surface area is 257 Å². The van der Waals surface area contributed by atoms with E-state index >= 15 is 8.78 Å². The molecule has 0 bridgehead atoms. The summed E-state index contributed by atoms with van der Waals surface area (Å²) < 4.78 is 32.8. The molecule has 4 unspecified atom stereocenters. The average Bonchev–Trinajstić information content (AvgIpc) is 3.66. The van der Waals surface area contributed by atoms with E-state index in [-0.39, 0.29) is 35.0 Å². The molecule has 4 heterocycles. The van der Waals surface area contributed by atoms with Crippen molar-refractivity contribution in [2.24, 2.45) is 24.8 Å². The Kier molecular flexibility index (Phi) is 8.23. The van der Waals surface area contributed by atoms with E-state index in [0.29, 0.717) is 29.1 Å². The molecule has 1 aliphatic carbocycles. The van der Waals surface area contributed by atoms with Gasteiger partial charge < -0.3 is 10.6 Å². The maximum absolute atomic E-state index is 15.4. The van der Waals surface area contributed by atoms with Crippen LogP contribution in [-0.2, 0) is 7.05 Å². The smallest absolute Gasteiger partial charge is 0.364 e. The van der Waals surface area contributed by atoms with E-state index in [0.717, 1.165) is 49.0 Å². The number of fused-ring (bicyclic) bond motifs is 1. The summed E-state index contributed by atoms with van der Waals surface area (Å²) in [5, 5.41) is 14.1. The van der Waals surface area contributed by atoms with Crippen LogP contribution in [0.25, 0.3) is 5.69 Å². The number of rotatable bonds is 10. The Morgan fingerprint density at radius 1 is 1.11 bits per heavy atom. The molecular formula is C32H45F2N9O. The molecule has 2 saturated heterocycles. The molecule has 0 radical (unpaired) electrons. The second-order valence-electron chi connectivity index (χ2n) is 13.8. The molecule has 3 aromatic rings. The molecule has 3 fully saturated rings. The van der Waals surface area contributed by atoms with Gasteiger partial charge in [-0.15, -0.1) is 0 Å². The van der Waals surface area contributed by atoms with Crippen molar-refractivity contribution in [3.63, 3.8) is 0 Å². The van der Waals surface area contributed by atoms with Crippen LogP contribution in [0.1, 0.15) is 91.0 Å². The van der Waals surface area contributed by atoms with E-state index in [1.807, 2.05) is 0 Å². The summed E-state index contributed by atoms with van der Waals surface area (Å²) in [6.45, 7) is 12.5. The van der Waals surface area contributed by atoms with Gasteiger partial charge in [-0.2, -0.15) is 14.3 Å². The molecule has 2 aromatic heterocycles. The summed E-state index contributed by atoms with van der Waals surface area (Å²) in [5.74, 6) is 0.978. The van der Waals surface area contributed by atoms with Gasteiger partial charge in [0.2, 0.25) is 5.95 Å². The fourth-order valence-corrected chi connectivity index (χ4v) is 7.57. The first-order valence-corrected chi connectivity index (χ1v) is 16.1. The highest BCUT2D eigenvalue weighted by Crippen LogP contribution is 2.46. The van der Waals surface area contributed by atoms with Gasteiger partial charge in [-0.05, 0) is 97.7 Å². The number of nitrogens with zero attached hydrogens (tertiary/aromatic N) is 7. The van der Waals surface area contributed by atoms with E-state index in [2.05, 4.69) is 70.5 Å². The standard InChI is InChI=1S/C32H45F2N9O/c1-7-19(8-2)11-20-12-27-18(3)26(15-32(4,5)42(27)17-20)36-29-24(34)16-35-30(38-29)37-25-14-28(43-31(44)41(6)39-40-43)22(13-23(25)33)21-9-10-21/h13-14,16,18-21,26-27H,7-12,15,17H2,1-6H3,(H2,35,36,37,38). The predicted octanol–water partition coefficient (Wildman–Crippen LogP) is 5.77. The minimum atomic E-state index is -0.558. The third-order valence-corrected chi connectivity index (χ3v) is 10.4. The van der Waals surface area contributed by atoms with Crippen molar-refractivity contribution in [2.45, 2.75) is 103 Å². The van der Waals surface area contributed by atoms with Crippen molar-refractivity contribution in [2.75, 3.05) is 17.2 Å². The zero-order chi connectivity index (χ0) is 31.3. The highest BCUT2D eigenvalue weighted by atomic mass is 19.1. The van der Waals surface area contributed by atoms with Crippen molar-refractivity contribution < 1.29 is 8.78 Å². The molecule has 0 amide bonds. The highest BCUT2D eigenvalue weighted by molar-refractivity contribution is 5.62. The Morgan fingerprint density at radius 3 is 2.52 bits per heavy atom. The molecular weight excluding hydrogens is 564 g/mol. The second kappa shape index (κ2) is 11.8. The third-order valence-electron chi connectivity index (χ3n) is 10.4. The topological polar surface area (TPSA) is 106 Å². The number of piperidine rings is 1. The van der Waals surface area contributed by atoms with Crippen molar-refractivity contribution >= 4 is 17.5 Å². The minimum absolute atomic E-state index is 0.0140. The fraction of sp³-hybridized carbons (Fsp3) is 0.656. The number of hydrogen-bond acceptors (Lipinski definition) is 8. The van der Waals surface area contributed by atoms with E-state index < -0.39 is 17.3 Å². The number of hydrogen-bond donors (Lipinski definition) is 2. The zero-order valence-corrected chi connectivity index (χ0v) is 26.6. The largest absolute Gasteiger partial charge is 0.368 e. The van der Waals surface area contributed by atoms with Gasteiger partial charge >= 0.3 is 5.69 Å². The van der Waals surface area contributed by atoms with E-state index in [4.69, 9.17) is 0 Å². The van der Waals surface area contributed by atoms with Crippen LogP contribution in [0.3, 0.4) is 0 Å². The van der Waals surface area contributed by atoms with Crippen LogP contribution in [-0.4, -0.2) is 58.8 Å². The molecule has 12 heteroatoms. The third kappa shape index (κ3) is 5.84. The first-order chi connectivity index (χ1) is 21.0. The van der Waals surface area contributed by atoms with Gasteiger partial charge in [0.15, 0.2) is 11.6 Å². The average molecular weight is 610 g/mol.